The van der Waals surface area contributed by atoms with E-state index in [2.05, 4.69) is 5.32 Å². The standard InChI is InChI=1S/C11H13FN2O4S/c1-7(15)13-8-2-3-11(10(12)4-8)19(17,18)14-5-9(16)6-14/h2-4,9,16H,5-6H2,1H3,(H,13,15). The summed E-state index contributed by atoms with van der Waals surface area (Å²) in [6.45, 7) is 1.20. The summed E-state index contributed by atoms with van der Waals surface area (Å²) < 4.78 is 38.8. The fourth-order valence-corrected chi connectivity index (χ4v) is 3.30. The molecule has 0 aliphatic carbocycles. The summed E-state index contributed by atoms with van der Waals surface area (Å²) in [5.41, 5.74) is 0.188. The molecular formula is C11H13FN2O4S. The zero-order valence-electron chi connectivity index (χ0n) is 10.1. The van der Waals surface area contributed by atoms with Crippen LogP contribution in [-0.2, 0) is 14.8 Å². The molecule has 1 aromatic rings. The van der Waals surface area contributed by atoms with Gasteiger partial charge in [-0.15, -0.1) is 0 Å². The second-order valence-electron chi connectivity index (χ2n) is 4.30. The molecule has 6 nitrogen and oxygen atoms in total. The predicted molar refractivity (Wildman–Crippen MR) is 65.5 cm³/mol. The Morgan fingerprint density at radius 2 is 2.11 bits per heavy atom. The minimum atomic E-state index is -3.93. The molecule has 2 rings (SSSR count). The number of halogens is 1. The van der Waals surface area contributed by atoms with E-state index >= 15 is 0 Å². The molecule has 1 fully saturated rings. The van der Waals surface area contributed by atoms with Gasteiger partial charge in [-0.2, -0.15) is 4.31 Å². The average molecular weight is 288 g/mol. The lowest BCUT2D eigenvalue weighted by atomic mass is 10.2. The van der Waals surface area contributed by atoms with E-state index in [0.717, 1.165) is 16.4 Å². The van der Waals surface area contributed by atoms with Crippen LogP contribution >= 0.6 is 0 Å². The summed E-state index contributed by atoms with van der Waals surface area (Å²) in [6, 6.07) is 3.36. The number of benzene rings is 1. The molecule has 0 spiro atoms. The van der Waals surface area contributed by atoms with Gasteiger partial charge in [0.2, 0.25) is 15.9 Å². The first kappa shape index (κ1) is 13.9. The maximum absolute atomic E-state index is 13.8. The third-order valence-corrected chi connectivity index (χ3v) is 4.56. The van der Waals surface area contributed by atoms with Crippen LogP contribution in [0.3, 0.4) is 0 Å². The van der Waals surface area contributed by atoms with Gasteiger partial charge in [0.1, 0.15) is 10.7 Å². The van der Waals surface area contributed by atoms with E-state index in [1.165, 1.54) is 13.0 Å². The zero-order valence-corrected chi connectivity index (χ0v) is 10.9. The van der Waals surface area contributed by atoms with Crippen LogP contribution in [0.5, 0.6) is 0 Å². The van der Waals surface area contributed by atoms with Crippen LogP contribution in [0.2, 0.25) is 0 Å². The van der Waals surface area contributed by atoms with Crippen molar-refractivity contribution >= 4 is 21.6 Å². The topological polar surface area (TPSA) is 86.7 Å². The van der Waals surface area contributed by atoms with Crippen molar-refractivity contribution in [2.75, 3.05) is 18.4 Å². The number of anilines is 1. The average Bonchev–Trinajstić information content (AvgIpc) is 2.23. The number of rotatable bonds is 3. The Bertz CT molecular complexity index is 611. The Hall–Kier alpha value is -1.51. The summed E-state index contributed by atoms with van der Waals surface area (Å²) >= 11 is 0. The fourth-order valence-electron chi connectivity index (χ4n) is 1.74. The minimum absolute atomic E-state index is 0.0325. The van der Waals surface area contributed by atoms with E-state index in [1.807, 2.05) is 0 Å². The lowest BCUT2D eigenvalue weighted by Gasteiger charge is -2.34. The van der Waals surface area contributed by atoms with Gasteiger partial charge in [-0.05, 0) is 18.2 Å². The Balaban J connectivity index is 2.28. The summed E-state index contributed by atoms with van der Waals surface area (Å²) in [6.07, 6.45) is -0.698. The van der Waals surface area contributed by atoms with E-state index in [1.54, 1.807) is 0 Å². The SMILES string of the molecule is CC(=O)Nc1ccc(S(=O)(=O)N2CC(O)C2)c(F)c1. The summed E-state index contributed by atoms with van der Waals surface area (Å²) in [7, 11) is -3.93. The third kappa shape index (κ3) is 2.75. The number of sulfonamides is 1. The molecule has 1 amide bonds. The largest absolute Gasteiger partial charge is 0.390 e. The Morgan fingerprint density at radius 3 is 2.58 bits per heavy atom. The van der Waals surface area contributed by atoms with Crippen molar-refractivity contribution in [3.8, 4) is 0 Å². The van der Waals surface area contributed by atoms with E-state index in [4.69, 9.17) is 5.11 Å². The van der Waals surface area contributed by atoms with E-state index in [9.17, 15) is 17.6 Å². The van der Waals surface area contributed by atoms with Crippen molar-refractivity contribution in [1.82, 2.24) is 4.31 Å². The first-order valence-corrected chi connectivity index (χ1v) is 7.00. The second kappa shape index (κ2) is 4.87. The molecule has 104 valence electrons. The molecular weight excluding hydrogens is 275 g/mol. The summed E-state index contributed by atoms with van der Waals surface area (Å²) in [4.78, 5) is 10.4. The molecule has 0 bridgehead atoms. The molecule has 1 aromatic carbocycles. The quantitative estimate of drug-likeness (QED) is 0.829. The number of carbonyl (C=O) groups excluding carboxylic acids is 1. The zero-order chi connectivity index (χ0) is 14.2. The number of hydrogen-bond donors (Lipinski definition) is 2. The number of hydrogen-bond acceptors (Lipinski definition) is 4. The Morgan fingerprint density at radius 1 is 1.47 bits per heavy atom. The van der Waals surface area contributed by atoms with Gasteiger partial charge in [0.25, 0.3) is 0 Å². The van der Waals surface area contributed by atoms with Crippen molar-refractivity contribution in [2.24, 2.45) is 0 Å². The van der Waals surface area contributed by atoms with E-state index in [0.29, 0.717) is 0 Å². The van der Waals surface area contributed by atoms with Gasteiger partial charge in [-0.25, -0.2) is 12.8 Å². The van der Waals surface area contributed by atoms with Gasteiger partial charge >= 0.3 is 0 Å². The van der Waals surface area contributed by atoms with Gasteiger partial charge < -0.3 is 10.4 Å². The van der Waals surface area contributed by atoms with Crippen LogP contribution in [0.25, 0.3) is 0 Å². The monoisotopic (exact) mass is 288 g/mol. The van der Waals surface area contributed by atoms with Crippen LogP contribution in [-0.4, -0.2) is 42.9 Å². The Labute approximate surface area is 109 Å². The maximum atomic E-state index is 13.8. The molecule has 0 atom stereocenters. The first-order chi connectivity index (χ1) is 8.80. The number of aliphatic hydroxyl groups excluding tert-OH is 1. The molecule has 0 aromatic heterocycles. The van der Waals surface area contributed by atoms with Crippen molar-refractivity contribution < 1.29 is 22.7 Å². The maximum Gasteiger partial charge on any atom is 0.246 e. The highest BCUT2D eigenvalue weighted by molar-refractivity contribution is 7.89. The van der Waals surface area contributed by atoms with Gasteiger partial charge in [0, 0.05) is 25.7 Å². The van der Waals surface area contributed by atoms with Gasteiger partial charge in [0.15, 0.2) is 0 Å². The highest BCUT2D eigenvalue weighted by atomic mass is 32.2. The molecule has 0 radical (unpaired) electrons. The van der Waals surface area contributed by atoms with Crippen LogP contribution in [0.1, 0.15) is 6.92 Å². The molecule has 0 saturated carbocycles. The van der Waals surface area contributed by atoms with Crippen molar-refractivity contribution in [1.29, 1.82) is 0 Å². The molecule has 2 N–H and O–H groups in total. The van der Waals surface area contributed by atoms with Gasteiger partial charge in [0.05, 0.1) is 6.10 Å². The number of aliphatic hydroxyl groups is 1. The molecule has 8 heteroatoms. The first-order valence-electron chi connectivity index (χ1n) is 5.56. The van der Waals surface area contributed by atoms with Gasteiger partial charge in [-0.1, -0.05) is 0 Å². The normalized spacial score (nSPS) is 17.0. The second-order valence-corrected chi connectivity index (χ2v) is 6.21. The van der Waals surface area contributed by atoms with Gasteiger partial charge in [-0.3, -0.25) is 4.79 Å². The lowest BCUT2D eigenvalue weighted by molar-refractivity contribution is -0.114. The molecule has 1 heterocycles. The number of nitrogens with one attached hydrogen (secondary N) is 1. The minimum Gasteiger partial charge on any atom is -0.390 e. The summed E-state index contributed by atoms with van der Waals surface area (Å²) in [5, 5.41) is 11.5. The van der Waals surface area contributed by atoms with Crippen LogP contribution < -0.4 is 5.32 Å². The van der Waals surface area contributed by atoms with Crippen LogP contribution in [0.4, 0.5) is 10.1 Å². The third-order valence-electron chi connectivity index (χ3n) is 2.70. The molecule has 1 aliphatic heterocycles. The van der Waals surface area contributed by atoms with E-state index in [-0.39, 0.29) is 24.7 Å². The van der Waals surface area contributed by atoms with Crippen LogP contribution in [0.15, 0.2) is 23.1 Å². The van der Waals surface area contributed by atoms with E-state index < -0.39 is 26.8 Å². The van der Waals surface area contributed by atoms with Crippen molar-refractivity contribution in [3.63, 3.8) is 0 Å². The Kier molecular flexibility index (Phi) is 3.57. The number of β-amino-alcohol motifs (C(OH)–C–C–N with tert-alkyl or cyclic N) is 1. The number of amides is 1. The molecule has 1 saturated heterocycles. The summed E-state index contributed by atoms with van der Waals surface area (Å²) in [5.74, 6) is -1.31. The predicted octanol–water partition coefficient (Wildman–Crippen LogP) is 0.149. The van der Waals surface area contributed by atoms with Crippen molar-refractivity contribution in [2.45, 2.75) is 17.9 Å². The smallest absolute Gasteiger partial charge is 0.246 e. The lowest BCUT2D eigenvalue weighted by Crippen LogP contribution is -2.53. The fraction of sp³-hybridized carbons (Fsp3) is 0.364. The highest BCUT2D eigenvalue weighted by Crippen LogP contribution is 2.25. The highest BCUT2D eigenvalue weighted by Gasteiger charge is 2.37. The van der Waals surface area contributed by atoms with Crippen LogP contribution in [0, 0.1) is 5.82 Å². The number of nitrogens with zero attached hydrogens (tertiary/aromatic N) is 1. The van der Waals surface area contributed by atoms with Crippen molar-refractivity contribution in [3.05, 3.63) is 24.0 Å². The number of carbonyl (C=O) groups is 1. The molecule has 1 aliphatic rings. The molecule has 0 unspecified atom stereocenters. The molecule has 19 heavy (non-hydrogen) atoms.